The van der Waals surface area contributed by atoms with Crippen LogP contribution in [0.3, 0.4) is 0 Å². The Labute approximate surface area is 274 Å². The number of hydrogen-bond donors (Lipinski definition) is 11. The number of aliphatic hydroxyl groups is 5. The minimum absolute atomic E-state index is 0.302. The van der Waals surface area contributed by atoms with Crippen molar-refractivity contribution in [3.8, 4) is 0 Å². The van der Waals surface area contributed by atoms with Crippen molar-refractivity contribution in [2.24, 2.45) is 5.73 Å². The van der Waals surface area contributed by atoms with Gasteiger partial charge in [-0.15, -0.1) is 0 Å². The summed E-state index contributed by atoms with van der Waals surface area (Å²) in [6, 6.07) is -5.74. The molecule has 0 aromatic rings. The molecule has 2 fully saturated rings. The van der Waals surface area contributed by atoms with Gasteiger partial charge in [0, 0.05) is 20.3 Å². The van der Waals surface area contributed by atoms with Crippen LogP contribution in [-0.4, -0.2) is 159 Å². The molecule has 5 amide bonds. The molecule has 2 rings (SSSR count). The number of carboxylic acids is 1. The van der Waals surface area contributed by atoms with E-state index in [0.717, 1.165) is 13.8 Å². The number of rotatable bonds is 16. The molecule has 0 bridgehead atoms. The van der Waals surface area contributed by atoms with Gasteiger partial charge in [-0.1, -0.05) is 0 Å². The van der Waals surface area contributed by atoms with Crippen LogP contribution in [-0.2, 0) is 47.7 Å². The molecule has 0 unspecified atom stereocenters. The topological polar surface area (TPSA) is 335 Å². The summed E-state index contributed by atoms with van der Waals surface area (Å²) in [4.78, 5) is 72.3. The van der Waals surface area contributed by atoms with Gasteiger partial charge in [-0.3, -0.25) is 24.0 Å². The van der Waals surface area contributed by atoms with E-state index in [2.05, 4.69) is 21.3 Å². The van der Waals surface area contributed by atoms with Gasteiger partial charge in [0.05, 0.1) is 13.2 Å². The molecule has 0 aliphatic carbocycles. The van der Waals surface area contributed by atoms with E-state index in [4.69, 9.17) is 24.7 Å². The maximum Gasteiger partial charge on any atom is 0.326 e. The van der Waals surface area contributed by atoms with Crippen molar-refractivity contribution in [3.05, 3.63) is 0 Å². The summed E-state index contributed by atoms with van der Waals surface area (Å²) in [6.07, 6.45) is -15.0. The van der Waals surface area contributed by atoms with Crippen LogP contribution in [0.5, 0.6) is 0 Å². The van der Waals surface area contributed by atoms with E-state index in [9.17, 15) is 59.4 Å². The van der Waals surface area contributed by atoms with Crippen molar-refractivity contribution in [3.63, 3.8) is 0 Å². The van der Waals surface area contributed by atoms with E-state index in [1.54, 1.807) is 0 Å². The number of aliphatic carboxylic acids is 1. The highest BCUT2D eigenvalue weighted by molar-refractivity contribution is 5.91. The Morgan fingerprint density at radius 2 is 1.40 bits per heavy atom. The zero-order valence-electron chi connectivity index (χ0n) is 26.7. The standard InChI is InChI=1S/C27H45N5O16/c1-9(23(40)32-13(25(42)43)5-6-16(28)37)29-24(41)10(2)45-22-18(31-12(4)36)26(44)46-15(8-34)21(22)48-27-17(30-11(3)35)20(39)19(38)14(7-33)47-27/h9-10,13-15,17-22,26-27,33-34,38-39,44H,5-8H2,1-4H3,(H2,28,37)(H,29,41)(H,30,35)(H,31,36)(H,32,40)(H,42,43)/t9-,10+,13-,14+,15+,17+,18+,19+,20+,21+,22+,26-,27-/m0/s1. The van der Waals surface area contributed by atoms with Crippen LogP contribution < -0.4 is 27.0 Å². The normalized spacial score (nSPS) is 32.2. The molecule has 48 heavy (non-hydrogen) atoms. The first-order valence-electron chi connectivity index (χ1n) is 15.0. The maximum atomic E-state index is 13.1. The summed E-state index contributed by atoms with van der Waals surface area (Å²) in [6.45, 7) is 3.04. The number of carboxylic acid groups (broad SMARTS) is 1. The summed E-state index contributed by atoms with van der Waals surface area (Å²) in [7, 11) is 0. The van der Waals surface area contributed by atoms with Crippen LogP contribution in [0.15, 0.2) is 0 Å². The second-order valence-electron chi connectivity index (χ2n) is 11.4. The number of amides is 5. The fourth-order valence-electron chi connectivity index (χ4n) is 5.06. The highest BCUT2D eigenvalue weighted by atomic mass is 16.7. The second kappa shape index (κ2) is 18.3. The third kappa shape index (κ3) is 11.0. The van der Waals surface area contributed by atoms with Crippen molar-refractivity contribution >= 4 is 35.5 Å². The largest absolute Gasteiger partial charge is 0.480 e. The molecular weight excluding hydrogens is 650 g/mol. The van der Waals surface area contributed by atoms with Crippen LogP contribution in [0.1, 0.15) is 40.5 Å². The summed E-state index contributed by atoms with van der Waals surface area (Å²) in [5.41, 5.74) is 5.04. The molecule has 0 spiro atoms. The summed E-state index contributed by atoms with van der Waals surface area (Å²) in [5.74, 6) is -5.45. The average Bonchev–Trinajstić information content (AvgIpc) is 3.00. The minimum Gasteiger partial charge on any atom is -0.480 e. The fourth-order valence-corrected chi connectivity index (χ4v) is 5.06. The molecule has 0 radical (unpaired) electrons. The van der Waals surface area contributed by atoms with E-state index in [1.165, 1.54) is 13.8 Å². The molecule has 21 heteroatoms. The van der Waals surface area contributed by atoms with Gasteiger partial charge in [-0.05, 0) is 20.3 Å². The Bertz CT molecular complexity index is 1160. The van der Waals surface area contributed by atoms with Gasteiger partial charge in [0.25, 0.3) is 0 Å². The molecule has 13 atom stereocenters. The number of hydrogen-bond acceptors (Lipinski definition) is 15. The third-order valence-electron chi connectivity index (χ3n) is 7.53. The molecule has 274 valence electrons. The summed E-state index contributed by atoms with van der Waals surface area (Å²) in [5, 5.41) is 70.2. The number of carbonyl (C=O) groups excluding carboxylic acids is 5. The molecule has 2 heterocycles. The zero-order valence-corrected chi connectivity index (χ0v) is 26.7. The second-order valence-corrected chi connectivity index (χ2v) is 11.4. The Morgan fingerprint density at radius 3 is 1.92 bits per heavy atom. The lowest BCUT2D eigenvalue weighted by molar-refractivity contribution is -0.333. The van der Waals surface area contributed by atoms with Crippen molar-refractivity contribution in [1.29, 1.82) is 0 Å². The third-order valence-corrected chi connectivity index (χ3v) is 7.53. The zero-order chi connectivity index (χ0) is 36.5. The Kier molecular flexibility index (Phi) is 15.5. The lowest BCUT2D eigenvalue weighted by Gasteiger charge is -2.48. The number of nitrogens with one attached hydrogen (secondary N) is 4. The van der Waals surface area contributed by atoms with Crippen LogP contribution in [0.4, 0.5) is 0 Å². The predicted molar refractivity (Wildman–Crippen MR) is 156 cm³/mol. The molecule has 2 saturated heterocycles. The molecular formula is C27H45N5O16. The molecule has 0 saturated carbocycles. The molecule has 0 aromatic carbocycles. The van der Waals surface area contributed by atoms with Gasteiger partial charge in [-0.2, -0.15) is 0 Å². The van der Waals surface area contributed by atoms with E-state index < -0.39 is 128 Å². The molecule has 2 aliphatic heterocycles. The predicted octanol–water partition coefficient (Wildman–Crippen LogP) is -6.36. The number of primary amides is 1. The maximum absolute atomic E-state index is 13.1. The van der Waals surface area contributed by atoms with Gasteiger partial charge in [0.1, 0.15) is 66.9 Å². The monoisotopic (exact) mass is 695 g/mol. The quantitative estimate of drug-likeness (QED) is 0.0715. The van der Waals surface area contributed by atoms with Gasteiger partial charge in [0.15, 0.2) is 12.6 Å². The Balaban J connectivity index is 2.34. The Hall–Kier alpha value is -3.54. The summed E-state index contributed by atoms with van der Waals surface area (Å²) < 4.78 is 23.0. The lowest BCUT2D eigenvalue weighted by atomic mass is 9.94. The van der Waals surface area contributed by atoms with Crippen molar-refractivity contribution in [2.75, 3.05) is 13.2 Å². The van der Waals surface area contributed by atoms with E-state index in [1.807, 2.05) is 0 Å². The average molecular weight is 696 g/mol. The highest BCUT2D eigenvalue weighted by Crippen LogP contribution is 2.31. The Morgan fingerprint density at radius 1 is 0.812 bits per heavy atom. The minimum atomic E-state index is -1.83. The van der Waals surface area contributed by atoms with Gasteiger partial charge in [0.2, 0.25) is 29.5 Å². The highest BCUT2D eigenvalue weighted by Gasteiger charge is 2.52. The smallest absolute Gasteiger partial charge is 0.326 e. The van der Waals surface area contributed by atoms with E-state index in [0.29, 0.717) is 0 Å². The van der Waals surface area contributed by atoms with Crippen molar-refractivity contribution in [2.45, 2.75) is 120 Å². The fraction of sp³-hybridized carbons (Fsp3) is 0.778. The SMILES string of the molecule is CC(=O)N[C@@H]1[C@@H](O[C@H](C)C(=O)N[C@@H](C)C(=O)N[C@@H](CCC(N)=O)C(=O)O)[C@H](O[C@@H]2O[C@H](CO)[C@@H](O)[C@H](O)[C@H]2NC(C)=O)[C@@H](CO)O[C@@H]1O. The molecule has 12 N–H and O–H groups in total. The van der Waals surface area contributed by atoms with Crippen LogP contribution in [0.2, 0.25) is 0 Å². The van der Waals surface area contributed by atoms with Gasteiger partial charge in [-0.25, -0.2) is 4.79 Å². The molecule has 0 aromatic heterocycles. The first kappa shape index (κ1) is 40.6. The van der Waals surface area contributed by atoms with E-state index >= 15 is 0 Å². The number of aliphatic hydroxyl groups excluding tert-OH is 5. The van der Waals surface area contributed by atoms with Crippen LogP contribution in [0, 0.1) is 0 Å². The van der Waals surface area contributed by atoms with Crippen molar-refractivity contribution < 1.29 is 78.4 Å². The number of nitrogens with two attached hydrogens (primary N) is 1. The lowest BCUT2D eigenvalue weighted by Crippen LogP contribution is -2.70. The molecule has 21 nitrogen and oxygen atoms in total. The van der Waals surface area contributed by atoms with Crippen LogP contribution >= 0.6 is 0 Å². The number of carbonyl (C=O) groups is 6. The molecule has 2 aliphatic rings. The first-order valence-corrected chi connectivity index (χ1v) is 15.0. The number of ether oxygens (including phenoxy) is 4. The van der Waals surface area contributed by atoms with Crippen LogP contribution in [0.25, 0.3) is 0 Å². The van der Waals surface area contributed by atoms with Gasteiger partial charge >= 0.3 is 5.97 Å². The first-order chi connectivity index (χ1) is 22.4. The summed E-state index contributed by atoms with van der Waals surface area (Å²) >= 11 is 0. The van der Waals surface area contributed by atoms with Gasteiger partial charge < -0.3 is 76.6 Å². The van der Waals surface area contributed by atoms with Crippen molar-refractivity contribution in [1.82, 2.24) is 21.3 Å². The van der Waals surface area contributed by atoms with E-state index in [-0.39, 0.29) is 12.8 Å².